The van der Waals surface area contributed by atoms with Crippen LogP contribution < -0.4 is 5.32 Å². The number of hydrogen-bond donors (Lipinski definition) is 1. The Morgan fingerprint density at radius 2 is 1.89 bits per heavy atom. The van der Waals surface area contributed by atoms with Gasteiger partial charge in [-0.25, -0.2) is 9.97 Å². The van der Waals surface area contributed by atoms with E-state index in [2.05, 4.69) is 15.3 Å². The average molecular weight is 283 g/mol. The van der Waals surface area contributed by atoms with E-state index < -0.39 is 0 Å². The molecule has 0 bridgehead atoms. The molecule has 1 aromatic rings. The van der Waals surface area contributed by atoms with Crippen LogP contribution in [-0.4, -0.2) is 41.9 Å². The van der Waals surface area contributed by atoms with E-state index in [1.807, 2.05) is 20.8 Å². The molecule has 6 heteroatoms. The molecule has 5 nitrogen and oxygen atoms in total. The molecule has 0 aliphatic carbocycles. The Balaban J connectivity index is 2.55. The Kier molecular flexibility index (Phi) is 6.24. The van der Waals surface area contributed by atoms with E-state index >= 15 is 0 Å². The van der Waals surface area contributed by atoms with Crippen molar-refractivity contribution >= 4 is 17.7 Å². The van der Waals surface area contributed by atoms with Crippen LogP contribution in [0.15, 0.2) is 5.16 Å². The molecule has 0 saturated heterocycles. The van der Waals surface area contributed by atoms with Gasteiger partial charge in [0.2, 0.25) is 0 Å². The maximum Gasteiger partial charge on any atom is 0.322 e. The summed E-state index contributed by atoms with van der Waals surface area (Å²) < 4.78 is 4.72. The lowest BCUT2D eigenvalue weighted by Gasteiger charge is -2.13. The first kappa shape index (κ1) is 15.9. The van der Waals surface area contributed by atoms with Gasteiger partial charge in [-0.1, -0.05) is 11.8 Å². The summed E-state index contributed by atoms with van der Waals surface area (Å²) in [5, 5.41) is 3.71. The van der Waals surface area contributed by atoms with Crippen molar-refractivity contribution in [3.63, 3.8) is 0 Å². The summed E-state index contributed by atoms with van der Waals surface area (Å²) in [6.07, 6.45) is 0.684. The topological polar surface area (TPSA) is 64.1 Å². The predicted octanol–water partition coefficient (Wildman–Crippen LogP) is 1.65. The van der Waals surface area contributed by atoms with Gasteiger partial charge in [0.05, 0.1) is 7.11 Å². The molecule has 0 aromatic carbocycles. The maximum absolute atomic E-state index is 11.4. The molecule has 0 radical (unpaired) electrons. The number of esters is 1. The van der Waals surface area contributed by atoms with E-state index in [1.165, 1.54) is 7.11 Å². The molecule has 0 spiro atoms. The van der Waals surface area contributed by atoms with Gasteiger partial charge < -0.3 is 10.1 Å². The Bertz CT molecular complexity index is 429. The number of aromatic nitrogens is 2. The van der Waals surface area contributed by atoms with Crippen LogP contribution in [0.1, 0.15) is 23.4 Å². The zero-order valence-electron chi connectivity index (χ0n) is 12.1. The number of thioether (sulfide) groups is 1. The molecular formula is C13H21N3O2S. The van der Waals surface area contributed by atoms with Gasteiger partial charge in [-0.05, 0) is 39.8 Å². The van der Waals surface area contributed by atoms with E-state index in [-0.39, 0.29) is 12.0 Å². The van der Waals surface area contributed by atoms with Gasteiger partial charge in [-0.2, -0.15) is 0 Å². The molecule has 1 unspecified atom stereocenters. The fourth-order valence-electron chi connectivity index (χ4n) is 1.60. The van der Waals surface area contributed by atoms with Crippen molar-refractivity contribution in [2.75, 3.05) is 19.9 Å². The molecule has 1 heterocycles. The minimum atomic E-state index is -0.273. The van der Waals surface area contributed by atoms with Crippen molar-refractivity contribution < 1.29 is 9.53 Å². The average Bonchev–Trinajstić information content (AvgIpc) is 2.40. The van der Waals surface area contributed by atoms with Crippen molar-refractivity contribution in [1.29, 1.82) is 0 Å². The first-order valence-corrected chi connectivity index (χ1v) is 7.17. The third-order valence-corrected chi connectivity index (χ3v) is 3.96. The molecular weight excluding hydrogens is 262 g/mol. The summed E-state index contributed by atoms with van der Waals surface area (Å²) in [7, 11) is 3.15. The third kappa shape index (κ3) is 4.47. The highest BCUT2D eigenvalue weighted by Gasteiger charge is 2.16. The SMILES string of the molecule is CNC(CCSc1nc(C)c(C)c(C)n1)C(=O)OC. The second-order valence-electron chi connectivity index (χ2n) is 4.30. The van der Waals surface area contributed by atoms with Gasteiger partial charge in [0.25, 0.3) is 0 Å². The van der Waals surface area contributed by atoms with Crippen LogP contribution in [0, 0.1) is 20.8 Å². The van der Waals surface area contributed by atoms with Crippen LogP contribution in [0.2, 0.25) is 0 Å². The van der Waals surface area contributed by atoms with Crippen LogP contribution in [0.5, 0.6) is 0 Å². The molecule has 0 amide bonds. The Morgan fingerprint density at radius 3 is 2.37 bits per heavy atom. The van der Waals surface area contributed by atoms with Gasteiger partial charge >= 0.3 is 5.97 Å². The van der Waals surface area contributed by atoms with Gasteiger partial charge in [-0.3, -0.25) is 4.79 Å². The van der Waals surface area contributed by atoms with Crippen molar-refractivity contribution in [1.82, 2.24) is 15.3 Å². The van der Waals surface area contributed by atoms with E-state index in [0.717, 1.165) is 27.9 Å². The van der Waals surface area contributed by atoms with Gasteiger partial charge in [-0.15, -0.1) is 0 Å². The Hall–Kier alpha value is -1.14. The highest BCUT2D eigenvalue weighted by molar-refractivity contribution is 7.99. The lowest BCUT2D eigenvalue weighted by Crippen LogP contribution is -2.35. The number of hydrogen-bond acceptors (Lipinski definition) is 6. The first-order chi connectivity index (χ1) is 8.99. The summed E-state index contributed by atoms with van der Waals surface area (Å²) in [6, 6.07) is -0.273. The van der Waals surface area contributed by atoms with E-state index in [0.29, 0.717) is 6.42 Å². The molecule has 19 heavy (non-hydrogen) atoms. The number of carbonyl (C=O) groups is 1. The quantitative estimate of drug-likeness (QED) is 0.486. The Morgan fingerprint density at radius 1 is 1.32 bits per heavy atom. The summed E-state index contributed by atoms with van der Waals surface area (Å²) in [5.41, 5.74) is 3.15. The zero-order valence-corrected chi connectivity index (χ0v) is 12.9. The summed E-state index contributed by atoms with van der Waals surface area (Å²) in [6.45, 7) is 5.99. The molecule has 0 aliphatic rings. The molecule has 0 aliphatic heterocycles. The molecule has 0 saturated carbocycles. The summed E-state index contributed by atoms with van der Waals surface area (Å²) in [4.78, 5) is 20.3. The van der Waals surface area contributed by atoms with Crippen LogP contribution in [0.4, 0.5) is 0 Å². The van der Waals surface area contributed by atoms with Crippen LogP contribution in [0.25, 0.3) is 0 Å². The molecule has 106 valence electrons. The molecule has 0 fully saturated rings. The lowest BCUT2D eigenvalue weighted by molar-refractivity contribution is -0.143. The second-order valence-corrected chi connectivity index (χ2v) is 5.37. The molecule has 1 atom stereocenters. The standard InChI is InChI=1S/C13H21N3O2S/c1-8-9(2)15-13(16-10(8)3)19-7-6-11(14-4)12(17)18-5/h11,14H,6-7H2,1-5H3. The highest BCUT2D eigenvalue weighted by Crippen LogP contribution is 2.18. The van der Waals surface area contributed by atoms with Gasteiger partial charge in [0.15, 0.2) is 5.16 Å². The number of likely N-dealkylation sites (N-methyl/N-ethyl adjacent to an activating group) is 1. The lowest BCUT2D eigenvalue weighted by atomic mass is 10.2. The normalized spacial score (nSPS) is 12.3. The number of rotatable bonds is 6. The summed E-state index contributed by atoms with van der Waals surface area (Å²) >= 11 is 1.56. The smallest absolute Gasteiger partial charge is 0.322 e. The van der Waals surface area contributed by atoms with Crippen LogP contribution >= 0.6 is 11.8 Å². The maximum atomic E-state index is 11.4. The number of nitrogens with one attached hydrogen (secondary N) is 1. The first-order valence-electron chi connectivity index (χ1n) is 6.19. The highest BCUT2D eigenvalue weighted by atomic mass is 32.2. The largest absolute Gasteiger partial charge is 0.468 e. The van der Waals surface area contributed by atoms with Crippen molar-refractivity contribution in [2.24, 2.45) is 0 Å². The van der Waals surface area contributed by atoms with Crippen molar-refractivity contribution in [3.8, 4) is 0 Å². The third-order valence-electron chi connectivity index (χ3n) is 3.08. The van der Waals surface area contributed by atoms with E-state index in [4.69, 9.17) is 4.74 Å². The summed E-state index contributed by atoms with van der Waals surface area (Å²) in [5.74, 6) is 0.531. The van der Waals surface area contributed by atoms with E-state index in [9.17, 15) is 4.79 Å². The fraction of sp³-hybridized carbons (Fsp3) is 0.615. The van der Waals surface area contributed by atoms with Crippen molar-refractivity contribution in [3.05, 3.63) is 17.0 Å². The number of ether oxygens (including phenoxy) is 1. The van der Waals surface area contributed by atoms with Crippen LogP contribution in [-0.2, 0) is 9.53 Å². The van der Waals surface area contributed by atoms with Gasteiger partial charge in [0, 0.05) is 17.1 Å². The molecule has 1 aromatic heterocycles. The number of methoxy groups -OCH3 is 1. The number of aryl methyl sites for hydroxylation is 2. The number of nitrogens with zero attached hydrogens (tertiary/aromatic N) is 2. The zero-order chi connectivity index (χ0) is 14.4. The molecule has 1 rings (SSSR count). The molecule has 1 N–H and O–H groups in total. The van der Waals surface area contributed by atoms with Crippen molar-refractivity contribution in [2.45, 2.75) is 38.4 Å². The second kappa shape index (κ2) is 7.45. The minimum Gasteiger partial charge on any atom is -0.468 e. The van der Waals surface area contributed by atoms with Crippen LogP contribution in [0.3, 0.4) is 0 Å². The minimum absolute atomic E-state index is 0.236. The fourth-order valence-corrected chi connectivity index (χ4v) is 2.54. The van der Waals surface area contributed by atoms with E-state index in [1.54, 1.807) is 18.8 Å². The Labute approximate surface area is 118 Å². The monoisotopic (exact) mass is 283 g/mol. The predicted molar refractivity (Wildman–Crippen MR) is 76.4 cm³/mol. The number of carbonyl (C=O) groups excluding carboxylic acids is 1. The van der Waals surface area contributed by atoms with Gasteiger partial charge in [0.1, 0.15) is 6.04 Å².